The van der Waals surface area contributed by atoms with Crippen molar-refractivity contribution in [2.24, 2.45) is 5.92 Å². The Labute approximate surface area is 117 Å². The maximum absolute atomic E-state index is 12.0. The summed E-state index contributed by atoms with van der Waals surface area (Å²) in [5, 5.41) is 9.19. The van der Waals surface area contributed by atoms with Gasteiger partial charge < -0.3 is 14.9 Å². The Morgan fingerprint density at radius 1 is 1.45 bits per heavy atom. The van der Waals surface area contributed by atoms with Gasteiger partial charge in [-0.3, -0.25) is 9.59 Å². The molecule has 1 unspecified atom stereocenters. The van der Waals surface area contributed by atoms with Crippen molar-refractivity contribution in [2.75, 3.05) is 29.5 Å². The Morgan fingerprint density at radius 3 is 2.90 bits per heavy atom. The summed E-state index contributed by atoms with van der Waals surface area (Å²) in [5.41, 5.74) is 2.88. The standard InChI is InChI=1S/C15H18N2O3/c1-10(19)16-5-4-12-2-3-13(7-14(12)16)17-8-11(9-18)6-15(17)20/h2-3,7,11,18H,4-6,8-9H2,1H3. The number of carbonyl (C=O) groups excluding carboxylic acids is 2. The Bertz CT molecular complexity index is 570. The number of carbonyl (C=O) groups is 2. The van der Waals surface area contributed by atoms with Gasteiger partial charge in [-0.1, -0.05) is 6.07 Å². The van der Waals surface area contributed by atoms with E-state index in [9.17, 15) is 14.7 Å². The zero-order valence-electron chi connectivity index (χ0n) is 11.5. The van der Waals surface area contributed by atoms with Gasteiger partial charge in [-0.2, -0.15) is 0 Å². The van der Waals surface area contributed by atoms with E-state index < -0.39 is 0 Å². The first kappa shape index (κ1) is 13.1. The first-order valence-electron chi connectivity index (χ1n) is 6.92. The van der Waals surface area contributed by atoms with Crippen molar-refractivity contribution in [2.45, 2.75) is 19.8 Å². The highest BCUT2D eigenvalue weighted by Gasteiger charge is 2.31. The highest BCUT2D eigenvalue weighted by molar-refractivity contribution is 5.98. The van der Waals surface area contributed by atoms with Crippen molar-refractivity contribution in [1.29, 1.82) is 0 Å². The van der Waals surface area contributed by atoms with Crippen LogP contribution in [0.1, 0.15) is 18.9 Å². The van der Waals surface area contributed by atoms with E-state index in [0.717, 1.165) is 23.4 Å². The van der Waals surface area contributed by atoms with Gasteiger partial charge in [-0.05, 0) is 24.1 Å². The van der Waals surface area contributed by atoms with Crippen molar-refractivity contribution >= 4 is 23.2 Å². The molecule has 1 fully saturated rings. The summed E-state index contributed by atoms with van der Waals surface area (Å²) in [6.07, 6.45) is 1.26. The first-order valence-corrected chi connectivity index (χ1v) is 6.92. The lowest BCUT2D eigenvalue weighted by Crippen LogP contribution is -2.27. The molecule has 0 aromatic heterocycles. The van der Waals surface area contributed by atoms with E-state index in [4.69, 9.17) is 0 Å². The number of hydrogen-bond acceptors (Lipinski definition) is 3. The minimum atomic E-state index is 0.0136. The molecule has 1 atom stereocenters. The van der Waals surface area contributed by atoms with Gasteiger partial charge in [-0.25, -0.2) is 0 Å². The van der Waals surface area contributed by atoms with E-state index in [1.807, 2.05) is 18.2 Å². The van der Waals surface area contributed by atoms with Gasteiger partial charge in [0.1, 0.15) is 0 Å². The predicted octanol–water partition coefficient (Wildman–Crippen LogP) is 0.941. The molecule has 2 aliphatic heterocycles. The molecule has 1 N–H and O–H groups in total. The molecule has 0 saturated carbocycles. The van der Waals surface area contributed by atoms with Crippen molar-refractivity contribution < 1.29 is 14.7 Å². The first-order chi connectivity index (χ1) is 9.60. The lowest BCUT2D eigenvalue weighted by atomic mass is 10.1. The van der Waals surface area contributed by atoms with Crippen LogP contribution in [0.2, 0.25) is 0 Å². The monoisotopic (exact) mass is 274 g/mol. The topological polar surface area (TPSA) is 60.9 Å². The van der Waals surface area contributed by atoms with E-state index in [1.165, 1.54) is 0 Å². The summed E-state index contributed by atoms with van der Waals surface area (Å²) in [4.78, 5) is 27.1. The fraction of sp³-hybridized carbons (Fsp3) is 0.467. The van der Waals surface area contributed by atoms with Gasteiger partial charge in [0.05, 0.1) is 0 Å². The van der Waals surface area contributed by atoms with Gasteiger partial charge in [0, 0.05) is 50.3 Å². The highest BCUT2D eigenvalue weighted by Crippen LogP contribution is 2.34. The minimum absolute atomic E-state index is 0.0136. The highest BCUT2D eigenvalue weighted by atomic mass is 16.3. The molecule has 5 nitrogen and oxygen atoms in total. The van der Waals surface area contributed by atoms with Crippen LogP contribution >= 0.6 is 0 Å². The Kier molecular flexibility index (Phi) is 3.22. The summed E-state index contributed by atoms with van der Waals surface area (Å²) in [5.74, 6) is 0.0814. The van der Waals surface area contributed by atoms with Gasteiger partial charge in [-0.15, -0.1) is 0 Å². The molecule has 0 aliphatic carbocycles. The van der Waals surface area contributed by atoms with Gasteiger partial charge in [0.2, 0.25) is 11.8 Å². The zero-order chi connectivity index (χ0) is 14.3. The lowest BCUT2D eigenvalue weighted by Gasteiger charge is -2.20. The SMILES string of the molecule is CC(=O)N1CCc2ccc(N3CC(CO)CC3=O)cc21. The van der Waals surface area contributed by atoms with Crippen LogP contribution in [-0.2, 0) is 16.0 Å². The number of amides is 2. The summed E-state index contributed by atoms with van der Waals surface area (Å²) in [7, 11) is 0. The summed E-state index contributed by atoms with van der Waals surface area (Å²) >= 11 is 0. The van der Waals surface area contributed by atoms with Crippen LogP contribution < -0.4 is 9.80 Å². The fourth-order valence-electron chi connectivity index (χ4n) is 3.02. The summed E-state index contributed by atoms with van der Waals surface area (Å²) < 4.78 is 0. The maximum Gasteiger partial charge on any atom is 0.227 e. The van der Waals surface area contributed by atoms with Crippen molar-refractivity contribution in [3.63, 3.8) is 0 Å². The average molecular weight is 274 g/mol. The number of rotatable bonds is 2. The largest absolute Gasteiger partial charge is 0.396 e. The van der Waals surface area contributed by atoms with E-state index in [2.05, 4.69) is 0 Å². The third-order valence-corrected chi connectivity index (χ3v) is 4.12. The van der Waals surface area contributed by atoms with Crippen molar-refractivity contribution in [1.82, 2.24) is 0 Å². The second kappa shape index (κ2) is 4.90. The van der Waals surface area contributed by atoms with E-state index in [1.54, 1.807) is 16.7 Å². The van der Waals surface area contributed by atoms with Crippen molar-refractivity contribution in [3.05, 3.63) is 23.8 Å². The summed E-state index contributed by atoms with van der Waals surface area (Å²) in [6, 6.07) is 5.84. The number of benzene rings is 1. The minimum Gasteiger partial charge on any atom is -0.396 e. The molecule has 106 valence electrons. The zero-order valence-corrected chi connectivity index (χ0v) is 11.5. The van der Waals surface area contributed by atoms with Gasteiger partial charge in [0.15, 0.2) is 0 Å². The van der Waals surface area contributed by atoms with Crippen LogP contribution in [-0.4, -0.2) is 36.6 Å². The molecule has 1 saturated heterocycles. The quantitative estimate of drug-likeness (QED) is 0.873. The Balaban J connectivity index is 1.91. The molecular weight excluding hydrogens is 256 g/mol. The second-order valence-corrected chi connectivity index (χ2v) is 5.49. The molecule has 0 spiro atoms. The molecule has 2 amide bonds. The smallest absolute Gasteiger partial charge is 0.227 e. The molecular formula is C15H18N2O3. The predicted molar refractivity (Wildman–Crippen MR) is 75.7 cm³/mol. The van der Waals surface area contributed by atoms with E-state index in [-0.39, 0.29) is 24.3 Å². The Morgan fingerprint density at radius 2 is 2.25 bits per heavy atom. The number of aliphatic hydroxyl groups is 1. The fourth-order valence-corrected chi connectivity index (χ4v) is 3.02. The summed E-state index contributed by atoms with van der Waals surface area (Å²) in [6.45, 7) is 2.85. The van der Waals surface area contributed by atoms with Crippen LogP contribution in [0.25, 0.3) is 0 Å². The third-order valence-electron chi connectivity index (χ3n) is 4.12. The van der Waals surface area contributed by atoms with Crippen LogP contribution in [0, 0.1) is 5.92 Å². The van der Waals surface area contributed by atoms with Crippen LogP contribution in [0.5, 0.6) is 0 Å². The number of hydrogen-bond donors (Lipinski definition) is 1. The Hall–Kier alpha value is -1.88. The van der Waals surface area contributed by atoms with Crippen LogP contribution in [0.3, 0.4) is 0 Å². The molecule has 3 rings (SSSR count). The molecule has 1 aromatic carbocycles. The van der Waals surface area contributed by atoms with Crippen LogP contribution in [0.15, 0.2) is 18.2 Å². The van der Waals surface area contributed by atoms with Crippen LogP contribution in [0.4, 0.5) is 11.4 Å². The molecule has 1 aromatic rings. The number of nitrogens with zero attached hydrogens (tertiary/aromatic N) is 2. The number of anilines is 2. The van der Waals surface area contributed by atoms with E-state index >= 15 is 0 Å². The molecule has 0 radical (unpaired) electrons. The normalized spacial score (nSPS) is 21.5. The number of aliphatic hydroxyl groups excluding tert-OH is 1. The molecule has 5 heteroatoms. The lowest BCUT2D eigenvalue weighted by molar-refractivity contribution is -0.117. The van der Waals surface area contributed by atoms with Gasteiger partial charge >= 0.3 is 0 Å². The molecule has 2 aliphatic rings. The van der Waals surface area contributed by atoms with Crippen molar-refractivity contribution in [3.8, 4) is 0 Å². The average Bonchev–Trinajstić information content (AvgIpc) is 3.01. The van der Waals surface area contributed by atoms with Gasteiger partial charge in [0.25, 0.3) is 0 Å². The maximum atomic E-state index is 12.0. The number of fused-ring (bicyclic) bond motifs is 1. The molecule has 20 heavy (non-hydrogen) atoms. The second-order valence-electron chi connectivity index (χ2n) is 5.49. The molecule has 2 heterocycles. The molecule has 0 bridgehead atoms. The van der Waals surface area contributed by atoms with E-state index in [0.29, 0.717) is 19.5 Å². The third kappa shape index (κ3) is 2.08.